The average Bonchev–Trinajstić information content (AvgIpc) is 2.44. The van der Waals surface area contributed by atoms with Crippen molar-refractivity contribution in [2.45, 2.75) is 19.6 Å². The number of ketones is 1. The highest BCUT2D eigenvalue weighted by Crippen LogP contribution is 2.36. The number of hydrogen-bond acceptors (Lipinski definition) is 3. The van der Waals surface area contributed by atoms with E-state index < -0.39 is 0 Å². The first kappa shape index (κ1) is 9.06. The molecule has 0 radical (unpaired) electrons. The number of carbonyl (C=O) groups is 1. The Morgan fingerprint density at radius 2 is 2.21 bits per heavy atom. The maximum atomic E-state index is 11.0. The molecule has 0 saturated carbocycles. The van der Waals surface area contributed by atoms with Crippen LogP contribution in [-0.2, 0) is 4.79 Å². The number of hydrogen-bond donors (Lipinski definition) is 0. The van der Waals surface area contributed by atoms with Crippen LogP contribution in [-0.4, -0.2) is 19.1 Å². The van der Waals surface area contributed by atoms with Gasteiger partial charge >= 0.3 is 0 Å². The molecule has 0 fully saturated rings. The van der Waals surface area contributed by atoms with Gasteiger partial charge in [-0.15, -0.1) is 0 Å². The van der Waals surface area contributed by atoms with Crippen molar-refractivity contribution >= 4 is 11.5 Å². The normalized spacial score (nSPS) is 19.0. The van der Waals surface area contributed by atoms with E-state index in [1.54, 1.807) is 6.92 Å². The Morgan fingerprint density at radius 1 is 1.50 bits per heavy atom. The molecule has 0 spiro atoms. The van der Waals surface area contributed by atoms with E-state index in [0.717, 1.165) is 11.4 Å². The zero-order valence-electron chi connectivity index (χ0n) is 8.36. The minimum atomic E-state index is -0.134. The highest BCUT2D eigenvalue weighted by Gasteiger charge is 2.28. The molecule has 1 aromatic rings. The second-order valence-corrected chi connectivity index (χ2v) is 3.56. The minimum absolute atomic E-state index is 0.134. The van der Waals surface area contributed by atoms with Crippen LogP contribution in [0, 0.1) is 0 Å². The van der Waals surface area contributed by atoms with Crippen LogP contribution in [0.3, 0.4) is 0 Å². The number of Topliss-reactive ketones (excluding diaryl/α,β-unsaturated/α-hetero) is 1. The molecular weight excluding hydrogens is 178 g/mol. The number of carbonyl (C=O) groups excluding carboxylic acids is 1. The first-order valence-corrected chi connectivity index (χ1v) is 4.66. The van der Waals surface area contributed by atoms with Crippen molar-refractivity contribution in [3.63, 3.8) is 0 Å². The number of para-hydroxylation sites is 2. The Hall–Kier alpha value is -1.51. The molecule has 2 rings (SSSR count). The van der Waals surface area contributed by atoms with Crippen LogP contribution in [0.2, 0.25) is 0 Å². The van der Waals surface area contributed by atoms with E-state index in [1.165, 1.54) is 0 Å². The van der Waals surface area contributed by atoms with Crippen molar-refractivity contribution in [2.24, 2.45) is 0 Å². The lowest BCUT2D eigenvalue weighted by atomic mass is 10.2. The first-order valence-electron chi connectivity index (χ1n) is 4.66. The SMILES string of the molecule is CC(=O)CC1Oc2ccccc2N1C. The smallest absolute Gasteiger partial charge is 0.179 e. The molecule has 3 heteroatoms. The molecule has 3 nitrogen and oxygen atoms in total. The van der Waals surface area contributed by atoms with Gasteiger partial charge in [0.25, 0.3) is 0 Å². The molecule has 1 atom stereocenters. The van der Waals surface area contributed by atoms with Crippen molar-refractivity contribution in [3.8, 4) is 5.75 Å². The van der Waals surface area contributed by atoms with E-state index in [-0.39, 0.29) is 12.0 Å². The van der Waals surface area contributed by atoms with Gasteiger partial charge in [-0.1, -0.05) is 12.1 Å². The van der Waals surface area contributed by atoms with Gasteiger partial charge in [-0.3, -0.25) is 4.79 Å². The monoisotopic (exact) mass is 191 g/mol. The van der Waals surface area contributed by atoms with Crippen LogP contribution in [0.15, 0.2) is 24.3 Å². The molecule has 0 aliphatic carbocycles. The predicted molar refractivity (Wildman–Crippen MR) is 54.6 cm³/mol. The van der Waals surface area contributed by atoms with E-state index >= 15 is 0 Å². The molecule has 0 amide bonds. The zero-order valence-corrected chi connectivity index (χ0v) is 8.36. The fourth-order valence-corrected chi connectivity index (χ4v) is 1.65. The third-order valence-corrected chi connectivity index (χ3v) is 2.40. The van der Waals surface area contributed by atoms with Crippen LogP contribution in [0.1, 0.15) is 13.3 Å². The fourth-order valence-electron chi connectivity index (χ4n) is 1.65. The van der Waals surface area contributed by atoms with Crippen LogP contribution < -0.4 is 9.64 Å². The fraction of sp³-hybridized carbons (Fsp3) is 0.364. The Bertz CT molecular complexity index is 362. The lowest BCUT2D eigenvalue weighted by molar-refractivity contribution is -0.118. The highest BCUT2D eigenvalue weighted by atomic mass is 16.5. The quantitative estimate of drug-likeness (QED) is 0.714. The van der Waals surface area contributed by atoms with Crippen LogP contribution in [0.4, 0.5) is 5.69 Å². The van der Waals surface area contributed by atoms with E-state index in [4.69, 9.17) is 4.74 Å². The number of benzene rings is 1. The Kier molecular flexibility index (Phi) is 2.15. The average molecular weight is 191 g/mol. The van der Waals surface area contributed by atoms with Gasteiger partial charge in [0, 0.05) is 7.05 Å². The second kappa shape index (κ2) is 3.33. The molecule has 0 aromatic heterocycles. The molecule has 0 N–H and O–H groups in total. The summed E-state index contributed by atoms with van der Waals surface area (Å²) in [5.41, 5.74) is 1.05. The van der Waals surface area contributed by atoms with Crippen molar-refractivity contribution < 1.29 is 9.53 Å². The summed E-state index contributed by atoms with van der Waals surface area (Å²) in [5.74, 6) is 1.01. The van der Waals surface area contributed by atoms with Crippen molar-refractivity contribution in [1.82, 2.24) is 0 Å². The Balaban J connectivity index is 2.21. The first-order chi connectivity index (χ1) is 6.68. The molecule has 1 aliphatic rings. The summed E-state index contributed by atoms with van der Waals surface area (Å²) in [6.07, 6.45) is 0.301. The van der Waals surface area contributed by atoms with E-state index in [0.29, 0.717) is 6.42 Å². The summed E-state index contributed by atoms with van der Waals surface area (Å²) in [4.78, 5) is 13.0. The summed E-state index contributed by atoms with van der Waals surface area (Å²) in [5, 5.41) is 0. The van der Waals surface area contributed by atoms with Gasteiger partial charge in [0.05, 0.1) is 12.1 Å². The second-order valence-electron chi connectivity index (χ2n) is 3.56. The zero-order chi connectivity index (χ0) is 10.1. The number of ether oxygens (including phenoxy) is 1. The maximum absolute atomic E-state index is 11.0. The number of anilines is 1. The summed E-state index contributed by atoms with van der Waals surface area (Å²) < 4.78 is 5.64. The number of rotatable bonds is 2. The number of nitrogens with zero attached hydrogens (tertiary/aromatic N) is 1. The van der Waals surface area contributed by atoms with Crippen LogP contribution in [0.25, 0.3) is 0 Å². The summed E-state index contributed by atoms with van der Waals surface area (Å²) in [6.45, 7) is 1.58. The van der Waals surface area contributed by atoms with Gasteiger partial charge in [-0.05, 0) is 19.1 Å². The molecule has 1 heterocycles. The van der Waals surface area contributed by atoms with E-state index in [2.05, 4.69) is 0 Å². The van der Waals surface area contributed by atoms with E-state index in [9.17, 15) is 4.79 Å². The molecule has 0 saturated heterocycles. The molecule has 1 unspecified atom stereocenters. The molecule has 74 valence electrons. The molecule has 0 bridgehead atoms. The molecule has 1 aliphatic heterocycles. The molecular formula is C11H13NO2. The lowest BCUT2D eigenvalue weighted by Gasteiger charge is -2.18. The predicted octanol–water partition coefficient (Wildman–Crippen LogP) is 1.82. The molecule has 1 aromatic carbocycles. The standard InChI is InChI=1S/C11H13NO2/c1-8(13)7-11-12(2)9-5-3-4-6-10(9)14-11/h3-6,11H,7H2,1-2H3. The topological polar surface area (TPSA) is 29.5 Å². The van der Waals surface area contributed by atoms with Crippen molar-refractivity contribution in [2.75, 3.05) is 11.9 Å². The molecule has 14 heavy (non-hydrogen) atoms. The van der Waals surface area contributed by atoms with Gasteiger partial charge in [0.1, 0.15) is 11.5 Å². The summed E-state index contributed by atoms with van der Waals surface area (Å²) >= 11 is 0. The van der Waals surface area contributed by atoms with Gasteiger partial charge in [-0.2, -0.15) is 0 Å². The third-order valence-electron chi connectivity index (χ3n) is 2.40. The lowest BCUT2D eigenvalue weighted by Crippen LogP contribution is -2.32. The summed E-state index contributed by atoms with van der Waals surface area (Å²) in [7, 11) is 1.94. The van der Waals surface area contributed by atoms with Crippen LogP contribution in [0.5, 0.6) is 5.75 Å². The summed E-state index contributed by atoms with van der Waals surface area (Å²) in [6, 6.07) is 7.82. The Labute approximate surface area is 83.3 Å². The highest BCUT2D eigenvalue weighted by molar-refractivity contribution is 5.77. The Morgan fingerprint density at radius 3 is 2.86 bits per heavy atom. The van der Waals surface area contributed by atoms with Gasteiger partial charge in [0.15, 0.2) is 6.23 Å². The maximum Gasteiger partial charge on any atom is 0.179 e. The van der Waals surface area contributed by atoms with Crippen molar-refractivity contribution in [1.29, 1.82) is 0 Å². The van der Waals surface area contributed by atoms with Gasteiger partial charge < -0.3 is 9.64 Å². The van der Waals surface area contributed by atoms with E-state index in [1.807, 2.05) is 36.2 Å². The third kappa shape index (κ3) is 1.45. The van der Waals surface area contributed by atoms with Crippen LogP contribution >= 0.6 is 0 Å². The number of fused-ring (bicyclic) bond motifs is 1. The van der Waals surface area contributed by atoms with Gasteiger partial charge in [0.2, 0.25) is 0 Å². The van der Waals surface area contributed by atoms with Crippen molar-refractivity contribution in [3.05, 3.63) is 24.3 Å². The van der Waals surface area contributed by atoms with Gasteiger partial charge in [-0.25, -0.2) is 0 Å². The minimum Gasteiger partial charge on any atom is -0.468 e. The largest absolute Gasteiger partial charge is 0.468 e.